The maximum absolute atomic E-state index is 11.7. The van der Waals surface area contributed by atoms with Gasteiger partial charge in [0.1, 0.15) is 0 Å². The summed E-state index contributed by atoms with van der Waals surface area (Å²) in [6.45, 7) is 1.96. The van der Waals surface area contributed by atoms with Gasteiger partial charge in [0, 0.05) is 25.3 Å². The van der Waals surface area contributed by atoms with E-state index in [1.54, 1.807) is 16.8 Å². The van der Waals surface area contributed by atoms with Crippen molar-refractivity contribution in [3.8, 4) is 0 Å². The van der Waals surface area contributed by atoms with Crippen LogP contribution in [0.25, 0.3) is 0 Å². The molecule has 78 valence electrons. The molecule has 2 fully saturated rings. The van der Waals surface area contributed by atoms with Gasteiger partial charge >= 0.3 is 0 Å². The first kappa shape index (κ1) is 10.4. The van der Waals surface area contributed by atoms with E-state index in [0.29, 0.717) is 6.42 Å². The molecule has 14 heavy (non-hydrogen) atoms. The first-order valence-corrected chi connectivity index (χ1v) is 6.43. The molecule has 0 N–H and O–H groups in total. The second-order valence-corrected chi connectivity index (χ2v) is 5.31. The van der Waals surface area contributed by atoms with Crippen LogP contribution in [0.5, 0.6) is 0 Å². The molecule has 0 spiro atoms. The molecule has 2 heterocycles. The lowest BCUT2D eigenvalue weighted by Crippen LogP contribution is -2.52. The van der Waals surface area contributed by atoms with E-state index in [1.807, 2.05) is 0 Å². The van der Waals surface area contributed by atoms with Crippen molar-refractivity contribution in [3.63, 3.8) is 0 Å². The molecular weight excluding hydrogens is 216 g/mol. The molecule has 0 radical (unpaired) electrons. The largest absolute Gasteiger partial charge is 0.273 e. The van der Waals surface area contributed by atoms with Crippen molar-refractivity contribution in [1.82, 2.24) is 10.0 Å². The predicted molar refractivity (Wildman–Crippen MR) is 61.9 cm³/mol. The minimum Gasteiger partial charge on any atom is -0.273 e. The van der Waals surface area contributed by atoms with Crippen LogP contribution in [-0.2, 0) is 4.79 Å². The van der Waals surface area contributed by atoms with Crippen molar-refractivity contribution in [1.29, 1.82) is 0 Å². The van der Waals surface area contributed by atoms with Crippen LogP contribution in [0.15, 0.2) is 0 Å². The number of hydrazine groups is 1. The van der Waals surface area contributed by atoms with Crippen LogP contribution in [0.1, 0.15) is 25.7 Å². The predicted octanol–water partition coefficient (Wildman–Crippen LogP) is 1.64. The maximum atomic E-state index is 11.7. The van der Waals surface area contributed by atoms with Gasteiger partial charge < -0.3 is 0 Å². The van der Waals surface area contributed by atoms with Crippen molar-refractivity contribution in [2.45, 2.75) is 25.7 Å². The summed E-state index contributed by atoms with van der Waals surface area (Å²) < 4.78 is 0.739. The van der Waals surface area contributed by atoms with Crippen LogP contribution >= 0.6 is 24.0 Å². The lowest BCUT2D eigenvalue weighted by atomic mass is 10.2. The van der Waals surface area contributed by atoms with E-state index in [2.05, 4.69) is 5.01 Å². The van der Waals surface area contributed by atoms with Gasteiger partial charge in [0.2, 0.25) is 5.91 Å². The Bertz CT molecular complexity index is 235. The molecule has 0 aromatic rings. The lowest BCUT2D eigenvalue weighted by molar-refractivity contribution is -0.139. The third-order valence-electron chi connectivity index (χ3n) is 2.57. The van der Waals surface area contributed by atoms with Gasteiger partial charge in [0.15, 0.2) is 4.32 Å². The molecule has 0 aromatic carbocycles. The smallest absolute Gasteiger partial charge is 0.243 e. The monoisotopic (exact) mass is 230 g/mol. The van der Waals surface area contributed by atoms with Crippen molar-refractivity contribution >= 4 is 34.2 Å². The number of rotatable bonds is 1. The van der Waals surface area contributed by atoms with E-state index in [-0.39, 0.29) is 5.91 Å². The zero-order chi connectivity index (χ0) is 9.97. The average Bonchev–Trinajstić information content (AvgIpc) is 2.19. The Labute approximate surface area is 93.8 Å². The molecular formula is C9H14N2OS2. The van der Waals surface area contributed by atoms with Crippen LogP contribution in [-0.4, -0.2) is 39.1 Å². The molecule has 0 bridgehead atoms. The number of nitrogens with zero attached hydrogens (tertiary/aromatic N) is 2. The molecule has 0 aliphatic carbocycles. The number of carbonyl (C=O) groups excluding carboxylic acids is 1. The fraction of sp³-hybridized carbons (Fsp3) is 0.778. The van der Waals surface area contributed by atoms with Gasteiger partial charge in [0.25, 0.3) is 0 Å². The highest BCUT2D eigenvalue weighted by atomic mass is 32.2. The van der Waals surface area contributed by atoms with Crippen LogP contribution in [0.2, 0.25) is 0 Å². The quantitative estimate of drug-likeness (QED) is 0.639. The Kier molecular flexibility index (Phi) is 3.41. The van der Waals surface area contributed by atoms with Crippen molar-refractivity contribution in [3.05, 3.63) is 0 Å². The summed E-state index contributed by atoms with van der Waals surface area (Å²) in [5.41, 5.74) is 0. The molecule has 5 heteroatoms. The lowest BCUT2D eigenvalue weighted by Gasteiger charge is -2.38. The summed E-state index contributed by atoms with van der Waals surface area (Å²) in [6, 6.07) is 0. The summed E-state index contributed by atoms with van der Waals surface area (Å²) in [5, 5.41) is 3.84. The Morgan fingerprint density at radius 2 is 1.93 bits per heavy atom. The minimum atomic E-state index is 0.177. The van der Waals surface area contributed by atoms with Gasteiger partial charge in [-0.1, -0.05) is 30.4 Å². The standard InChI is InChI=1S/C9H14N2OS2/c12-8-4-7-14-9(13)11(8)10-5-2-1-3-6-10/h1-7H2. The highest BCUT2D eigenvalue weighted by Gasteiger charge is 2.29. The summed E-state index contributed by atoms with van der Waals surface area (Å²) in [4.78, 5) is 11.7. The van der Waals surface area contributed by atoms with Crippen molar-refractivity contribution < 1.29 is 4.79 Å². The minimum absolute atomic E-state index is 0.177. The van der Waals surface area contributed by atoms with Gasteiger partial charge in [-0.25, -0.2) is 10.0 Å². The second kappa shape index (κ2) is 4.59. The molecule has 1 amide bonds. The molecule has 2 saturated heterocycles. The summed E-state index contributed by atoms with van der Waals surface area (Å²) >= 11 is 6.83. The molecule has 3 nitrogen and oxygen atoms in total. The van der Waals surface area contributed by atoms with Gasteiger partial charge in [0.05, 0.1) is 0 Å². The van der Waals surface area contributed by atoms with Gasteiger partial charge in [-0.2, -0.15) is 0 Å². The van der Waals surface area contributed by atoms with Crippen molar-refractivity contribution in [2.24, 2.45) is 0 Å². The third kappa shape index (κ3) is 2.10. The first-order valence-electron chi connectivity index (χ1n) is 5.03. The molecule has 0 unspecified atom stereocenters. The zero-order valence-electron chi connectivity index (χ0n) is 8.07. The van der Waals surface area contributed by atoms with Crippen LogP contribution in [0, 0.1) is 0 Å². The highest BCUT2D eigenvalue weighted by molar-refractivity contribution is 8.23. The SMILES string of the molecule is O=C1CCSC(=S)N1N1CCCCC1. The molecule has 2 aliphatic rings. The fourth-order valence-corrected chi connectivity index (χ4v) is 3.10. The van der Waals surface area contributed by atoms with E-state index < -0.39 is 0 Å². The van der Waals surface area contributed by atoms with E-state index in [0.717, 1.165) is 23.2 Å². The van der Waals surface area contributed by atoms with Crippen LogP contribution < -0.4 is 0 Å². The molecule has 2 rings (SSSR count). The molecule has 2 aliphatic heterocycles. The summed E-state index contributed by atoms with van der Waals surface area (Å²) in [6.07, 6.45) is 4.26. The van der Waals surface area contributed by atoms with Gasteiger partial charge in [-0.3, -0.25) is 4.79 Å². The first-order chi connectivity index (χ1) is 6.79. The Morgan fingerprint density at radius 1 is 1.21 bits per heavy atom. The highest BCUT2D eigenvalue weighted by Crippen LogP contribution is 2.23. The normalized spacial score (nSPS) is 25.6. The maximum Gasteiger partial charge on any atom is 0.243 e. The van der Waals surface area contributed by atoms with Gasteiger partial charge in [-0.15, -0.1) is 0 Å². The number of hydrogen-bond donors (Lipinski definition) is 0. The number of thioether (sulfide) groups is 1. The van der Waals surface area contributed by atoms with E-state index in [4.69, 9.17) is 12.2 Å². The Hall–Kier alpha value is -0.130. The number of hydrogen-bond acceptors (Lipinski definition) is 4. The van der Waals surface area contributed by atoms with Crippen molar-refractivity contribution in [2.75, 3.05) is 18.8 Å². The van der Waals surface area contributed by atoms with Gasteiger partial charge in [-0.05, 0) is 12.8 Å². The topological polar surface area (TPSA) is 23.6 Å². The van der Waals surface area contributed by atoms with E-state index in [1.165, 1.54) is 19.3 Å². The third-order valence-corrected chi connectivity index (χ3v) is 3.92. The summed E-state index contributed by atoms with van der Waals surface area (Å²) in [7, 11) is 0. The Morgan fingerprint density at radius 3 is 2.57 bits per heavy atom. The number of thiocarbonyl (C=S) groups is 1. The Balaban J connectivity index is 2.05. The average molecular weight is 230 g/mol. The fourth-order valence-electron chi connectivity index (χ4n) is 1.84. The van der Waals surface area contributed by atoms with E-state index in [9.17, 15) is 4.79 Å². The molecule has 0 aromatic heterocycles. The number of piperidine rings is 1. The number of amides is 1. The molecule has 0 saturated carbocycles. The van der Waals surface area contributed by atoms with E-state index >= 15 is 0 Å². The second-order valence-electron chi connectivity index (χ2n) is 3.58. The zero-order valence-corrected chi connectivity index (χ0v) is 9.70. The molecule has 0 atom stereocenters. The number of carbonyl (C=O) groups is 1. The van der Waals surface area contributed by atoms with Crippen LogP contribution in [0.3, 0.4) is 0 Å². The summed E-state index contributed by atoms with van der Waals surface area (Å²) in [5.74, 6) is 1.03. The van der Waals surface area contributed by atoms with Crippen LogP contribution in [0.4, 0.5) is 0 Å².